The maximum Gasteiger partial charge on any atom is 0.213 e. The first-order valence-electron chi connectivity index (χ1n) is 3.33. The van der Waals surface area contributed by atoms with Gasteiger partial charge in [0.05, 0.1) is 5.75 Å². The number of hydrogen-bond acceptors (Lipinski definition) is 2. The van der Waals surface area contributed by atoms with E-state index in [1.54, 1.807) is 12.1 Å². The first-order chi connectivity index (χ1) is 5.90. The summed E-state index contributed by atoms with van der Waals surface area (Å²) >= 11 is 6.54. The smallest absolute Gasteiger partial charge is 0.213 e. The summed E-state index contributed by atoms with van der Waals surface area (Å²) in [6.45, 7) is 0. The van der Waals surface area contributed by atoms with Crippen molar-refractivity contribution in [1.82, 2.24) is 0 Å². The van der Waals surface area contributed by atoms with E-state index in [2.05, 4.69) is 31.9 Å². The number of hydrogen-bond donors (Lipinski definition) is 1. The summed E-state index contributed by atoms with van der Waals surface area (Å²) in [4.78, 5) is 0. The molecular weight excluding hydrogens is 322 g/mol. The maximum absolute atomic E-state index is 10.8. The third kappa shape index (κ3) is 3.38. The Hall–Kier alpha value is 0.0900. The van der Waals surface area contributed by atoms with E-state index >= 15 is 0 Å². The van der Waals surface area contributed by atoms with Gasteiger partial charge in [-0.3, -0.25) is 0 Å². The highest BCUT2D eigenvalue weighted by atomic mass is 79.9. The maximum atomic E-state index is 10.8. The lowest BCUT2D eigenvalue weighted by Crippen LogP contribution is -2.14. The summed E-state index contributed by atoms with van der Waals surface area (Å²) in [6, 6.07) is 5.28. The molecule has 1 rings (SSSR count). The van der Waals surface area contributed by atoms with Crippen LogP contribution in [0.25, 0.3) is 0 Å². The van der Waals surface area contributed by atoms with Gasteiger partial charge in [-0.15, -0.1) is 0 Å². The summed E-state index contributed by atoms with van der Waals surface area (Å²) in [5.74, 6) is -0.160. The molecule has 0 aliphatic carbocycles. The number of benzene rings is 1. The van der Waals surface area contributed by atoms with E-state index in [4.69, 9.17) is 5.14 Å². The minimum absolute atomic E-state index is 0.160. The molecule has 1 aromatic rings. The summed E-state index contributed by atoms with van der Waals surface area (Å²) in [6.07, 6.45) is 0. The van der Waals surface area contributed by atoms with Crippen molar-refractivity contribution in [3.8, 4) is 0 Å². The summed E-state index contributed by atoms with van der Waals surface area (Å²) < 4.78 is 23.2. The Bertz CT molecular complexity index is 417. The van der Waals surface area contributed by atoms with Crippen molar-refractivity contribution in [2.24, 2.45) is 5.14 Å². The zero-order valence-electron chi connectivity index (χ0n) is 6.50. The van der Waals surface area contributed by atoms with Crippen molar-refractivity contribution < 1.29 is 8.42 Å². The van der Waals surface area contributed by atoms with Crippen LogP contribution >= 0.6 is 31.9 Å². The van der Waals surface area contributed by atoms with Gasteiger partial charge in [-0.05, 0) is 43.5 Å². The molecule has 0 aromatic heterocycles. The van der Waals surface area contributed by atoms with Crippen LogP contribution in [0.15, 0.2) is 27.1 Å². The zero-order chi connectivity index (χ0) is 10.1. The lowest BCUT2D eigenvalue weighted by molar-refractivity contribution is 0.597. The van der Waals surface area contributed by atoms with Gasteiger partial charge in [-0.25, -0.2) is 13.6 Å². The largest absolute Gasteiger partial charge is 0.228 e. The van der Waals surface area contributed by atoms with Crippen molar-refractivity contribution in [3.63, 3.8) is 0 Å². The van der Waals surface area contributed by atoms with Crippen molar-refractivity contribution in [3.05, 3.63) is 32.7 Å². The molecule has 6 heteroatoms. The van der Waals surface area contributed by atoms with E-state index in [0.29, 0.717) is 5.56 Å². The SMILES string of the molecule is NS(=O)(=O)Cc1cccc(Br)c1Br. The molecule has 0 unspecified atom stereocenters. The van der Waals surface area contributed by atoms with Crippen LogP contribution in [-0.2, 0) is 15.8 Å². The van der Waals surface area contributed by atoms with Crippen molar-refractivity contribution in [2.75, 3.05) is 0 Å². The molecule has 2 N–H and O–H groups in total. The van der Waals surface area contributed by atoms with Crippen molar-refractivity contribution in [1.29, 1.82) is 0 Å². The predicted molar refractivity (Wildman–Crippen MR) is 58.7 cm³/mol. The lowest BCUT2D eigenvalue weighted by Gasteiger charge is -2.03. The van der Waals surface area contributed by atoms with Crippen molar-refractivity contribution >= 4 is 41.9 Å². The highest BCUT2D eigenvalue weighted by Crippen LogP contribution is 2.27. The molecule has 3 nitrogen and oxygen atoms in total. The molecule has 0 heterocycles. The molecule has 0 bridgehead atoms. The Balaban J connectivity index is 3.10. The molecule has 0 fully saturated rings. The molecule has 0 saturated carbocycles. The van der Waals surface area contributed by atoms with Crippen LogP contribution < -0.4 is 5.14 Å². The Morgan fingerprint density at radius 1 is 1.31 bits per heavy atom. The highest BCUT2D eigenvalue weighted by Gasteiger charge is 2.09. The average molecular weight is 329 g/mol. The molecule has 0 spiro atoms. The van der Waals surface area contributed by atoms with Crippen LogP contribution in [0.3, 0.4) is 0 Å². The quantitative estimate of drug-likeness (QED) is 0.902. The monoisotopic (exact) mass is 327 g/mol. The molecule has 1 aromatic carbocycles. The average Bonchev–Trinajstić information content (AvgIpc) is 1.96. The zero-order valence-corrected chi connectivity index (χ0v) is 10.5. The third-order valence-electron chi connectivity index (χ3n) is 1.39. The van der Waals surface area contributed by atoms with E-state index in [-0.39, 0.29) is 5.75 Å². The standard InChI is InChI=1S/C7H7Br2NO2S/c8-6-3-1-2-5(7(6)9)4-13(10,11)12/h1-3H,4H2,(H2,10,11,12). The normalized spacial score (nSPS) is 11.6. The van der Waals surface area contributed by atoms with Crippen LogP contribution in [0, 0.1) is 0 Å². The van der Waals surface area contributed by atoms with Gasteiger partial charge in [0.15, 0.2) is 0 Å². The van der Waals surface area contributed by atoms with E-state index in [9.17, 15) is 8.42 Å². The Kier molecular flexibility index (Phi) is 3.50. The second-order valence-electron chi connectivity index (χ2n) is 2.52. The van der Waals surface area contributed by atoms with Gasteiger partial charge in [-0.2, -0.15) is 0 Å². The predicted octanol–water partition coefficient (Wildman–Crippen LogP) is 2.00. The van der Waals surface area contributed by atoms with Gasteiger partial charge in [0.2, 0.25) is 10.0 Å². The molecule has 0 aliphatic heterocycles. The second kappa shape index (κ2) is 4.08. The van der Waals surface area contributed by atoms with Gasteiger partial charge < -0.3 is 0 Å². The second-order valence-corrected chi connectivity index (χ2v) is 5.78. The topological polar surface area (TPSA) is 60.2 Å². The first-order valence-corrected chi connectivity index (χ1v) is 6.63. The lowest BCUT2D eigenvalue weighted by atomic mass is 10.2. The number of nitrogens with two attached hydrogens (primary N) is 1. The van der Waals surface area contributed by atoms with Gasteiger partial charge >= 0.3 is 0 Å². The van der Waals surface area contributed by atoms with Crippen molar-refractivity contribution in [2.45, 2.75) is 5.75 Å². The molecule has 0 aliphatic rings. The minimum Gasteiger partial charge on any atom is -0.228 e. The molecule has 13 heavy (non-hydrogen) atoms. The highest BCUT2D eigenvalue weighted by molar-refractivity contribution is 9.13. The van der Waals surface area contributed by atoms with E-state index in [0.717, 1.165) is 8.95 Å². The molecule has 72 valence electrons. The molecule has 0 saturated heterocycles. The Morgan fingerprint density at radius 3 is 2.46 bits per heavy atom. The van der Waals surface area contributed by atoms with Crippen LogP contribution in [0.4, 0.5) is 0 Å². The van der Waals surface area contributed by atoms with Gasteiger partial charge in [0.1, 0.15) is 0 Å². The number of halogens is 2. The number of primary sulfonamides is 1. The minimum atomic E-state index is -3.47. The Morgan fingerprint density at radius 2 is 1.92 bits per heavy atom. The van der Waals surface area contributed by atoms with Gasteiger partial charge in [0, 0.05) is 8.95 Å². The van der Waals surface area contributed by atoms with Crippen LogP contribution in [0.5, 0.6) is 0 Å². The first kappa shape index (κ1) is 11.2. The van der Waals surface area contributed by atoms with E-state index in [1.807, 2.05) is 6.07 Å². The fourth-order valence-electron chi connectivity index (χ4n) is 0.877. The third-order valence-corrected chi connectivity index (χ3v) is 4.23. The molecule has 0 amide bonds. The summed E-state index contributed by atoms with van der Waals surface area (Å²) in [5.41, 5.74) is 0.650. The van der Waals surface area contributed by atoms with E-state index in [1.165, 1.54) is 0 Å². The molecule has 0 radical (unpaired) electrons. The summed E-state index contributed by atoms with van der Waals surface area (Å²) in [7, 11) is -3.47. The van der Waals surface area contributed by atoms with E-state index < -0.39 is 10.0 Å². The van der Waals surface area contributed by atoms with Crippen LogP contribution in [0.1, 0.15) is 5.56 Å². The number of rotatable bonds is 2. The molecular formula is C7H7Br2NO2S. The van der Waals surface area contributed by atoms with Crippen LogP contribution in [0.2, 0.25) is 0 Å². The fourth-order valence-corrected chi connectivity index (χ4v) is 2.55. The van der Waals surface area contributed by atoms with Gasteiger partial charge in [-0.1, -0.05) is 12.1 Å². The summed E-state index contributed by atoms with van der Waals surface area (Å²) in [5, 5.41) is 4.92. The number of sulfonamides is 1. The van der Waals surface area contributed by atoms with Crippen LogP contribution in [-0.4, -0.2) is 8.42 Å². The fraction of sp³-hybridized carbons (Fsp3) is 0.143. The molecule has 0 atom stereocenters. The van der Waals surface area contributed by atoms with Gasteiger partial charge in [0.25, 0.3) is 0 Å². The Labute approximate surface area is 93.6 Å².